The van der Waals surface area contributed by atoms with Crippen LogP contribution in [0.1, 0.15) is 18.4 Å². The van der Waals surface area contributed by atoms with Crippen LogP contribution in [-0.4, -0.2) is 39.9 Å². The van der Waals surface area contributed by atoms with Crippen LogP contribution in [0.15, 0.2) is 24.3 Å². The molecule has 1 unspecified atom stereocenters. The molecule has 2 rings (SSSR count). The summed E-state index contributed by atoms with van der Waals surface area (Å²) in [5.74, 6) is 0.0758. The Morgan fingerprint density at radius 2 is 2.05 bits per heavy atom. The molecular weight excluding hydrogens is 330 g/mol. The molecule has 1 saturated heterocycles. The van der Waals surface area contributed by atoms with E-state index in [9.17, 15) is 9.90 Å². The number of halogens is 2. The monoisotopic (exact) mass is 345 g/mol. The number of aliphatic hydroxyl groups excluding tert-OH is 1. The Morgan fingerprint density at radius 1 is 1.42 bits per heavy atom. The lowest BCUT2D eigenvalue weighted by atomic mass is 10.1. The standard InChI is InChI=1S/C14H17BrClNO2/c15-12(9-10-3-1-2-4-13(10)16)14(19)17-7-5-11(18)6-8-17/h1-4,11-12,18H,5-9H2. The smallest absolute Gasteiger partial charge is 0.236 e. The molecule has 1 atom stereocenters. The van der Waals surface area contributed by atoms with Gasteiger partial charge in [-0.05, 0) is 30.9 Å². The van der Waals surface area contributed by atoms with Gasteiger partial charge in [0.2, 0.25) is 5.91 Å². The zero-order chi connectivity index (χ0) is 13.8. The second kappa shape index (κ2) is 6.73. The van der Waals surface area contributed by atoms with E-state index in [1.807, 2.05) is 29.2 Å². The first-order valence-corrected chi connectivity index (χ1v) is 7.71. The summed E-state index contributed by atoms with van der Waals surface area (Å²) in [6, 6.07) is 7.56. The van der Waals surface area contributed by atoms with Crippen LogP contribution < -0.4 is 0 Å². The van der Waals surface area contributed by atoms with E-state index in [1.54, 1.807) is 0 Å². The second-order valence-corrected chi connectivity index (χ2v) is 6.33. The quantitative estimate of drug-likeness (QED) is 0.855. The largest absolute Gasteiger partial charge is 0.393 e. The summed E-state index contributed by atoms with van der Waals surface area (Å²) in [6.07, 6.45) is 1.65. The number of amides is 1. The maximum absolute atomic E-state index is 12.3. The third kappa shape index (κ3) is 3.94. The predicted molar refractivity (Wildman–Crippen MR) is 79.7 cm³/mol. The molecule has 0 aliphatic carbocycles. The molecule has 0 saturated carbocycles. The van der Waals surface area contributed by atoms with Crippen molar-refractivity contribution in [1.82, 2.24) is 4.90 Å². The van der Waals surface area contributed by atoms with Crippen molar-refractivity contribution in [1.29, 1.82) is 0 Å². The molecule has 1 aromatic carbocycles. The first-order valence-electron chi connectivity index (χ1n) is 6.42. The molecule has 0 aromatic heterocycles. The summed E-state index contributed by atoms with van der Waals surface area (Å²) in [7, 11) is 0. The number of piperidine rings is 1. The fourth-order valence-corrected chi connectivity index (χ4v) is 3.08. The number of alkyl halides is 1. The van der Waals surface area contributed by atoms with Crippen molar-refractivity contribution in [3.8, 4) is 0 Å². The van der Waals surface area contributed by atoms with Crippen LogP contribution in [-0.2, 0) is 11.2 Å². The Labute approximate surface area is 126 Å². The number of benzene rings is 1. The molecule has 0 bridgehead atoms. The Morgan fingerprint density at radius 3 is 2.68 bits per heavy atom. The van der Waals surface area contributed by atoms with Gasteiger partial charge in [0.25, 0.3) is 0 Å². The van der Waals surface area contributed by atoms with Crippen LogP contribution in [0.25, 0.3) is 0 Å². The Bertz CT molecular complexity index is 447. The van der Waals surface area contributed by atoms with Gasteiger partial charge < -0.3 is 10.0 Å². The molecule has 1 amide bonds. The van der Waals surface area contributed by atoms with E-state index in [1.165, 1.54) is 0 Å². The first kappa shape index (κ1) is 14.8. The number of likely N-dealkylation sites (tertiary alicyclic amines) is 1. The van der Waals surface area contributed by atoms with Crippen LogP contribution in [0.5, 0.6) is 0 Å². The highest BCUT2D eigenvalue weighted by atomic mass is 79.9. The Kier molecular flexibility index (Phi) is 5.25. The van der Waals surface area contributed by atoms with E-state index in [-0.39, 0.29) is 16.8 Å². The molecule has 3 nitrogen and oxygen atoms in total. The molecule has 19 heavy (non-hydrogen) atoms. The van der Waals surface area contributed by atoms with Gasteiger partial charge in [-0.2, -0.15) is 0 Å². The number of aliphatic hydroxyl groups is 1. The van der Waals surface area contributed by atoms with Crippen molar-refractivity contribution in [2.45, 2.75) is 30.2 Å². The number of carbonyl (C=O) groups is 1. The molecule has 1 fully saturated rings. The van der Waals surface area contributed by atoms with E-state index >= 15 is 0 Å². The second-order valence-electron chi connectivity index (χ2n) is 4.82. The zero-order valence-electron chi connectivity index (χ0n) is 10.6. The van der Waals surface area contributed by atoms with Crippen LogP contribution in [0.2, 0.25) is 5.02 Å². The van der Waals surface area contributed by atoms with Gasteiger partial charge in [-0.15, -0.1) is 0 Å². The Hall–Kier alpha value is -0.580. The maximum atomic E-state index is 12.3. The van der Waals surface area contributed by atoms with Gasteiger partial charge in [-0.3, -0.25) is 4.79 Å². The highest BCUT2D eigenvalue weighted by molar-refractivity contribution is 9.10. The SMILES string of the molecule is O=C(C(Br)Cc1ccccc1Cl)N1CCC(O)CC1. The highest BCUT2D eigenvalue weighted by Gasteiger charge is 2.26. The number of hydrogen-bond donors (Lipinski definition) is 1. The number of rotatable bonds is 3. The number of carbonyl (C=O) groups excluding carboxylic acids is 1. The fourth-order valence-electron chi connectivity index (χ4n) is 2.23. The van der Waals surface area contributed by atoms with Gasteiger partial charge in [0.1, 0.15) is 0 Å². The minimum absolute atomic E-state index is 0.0758. The summed E-state index contributed by atoms with van der Waals surface area (Å²) in [5.41, 5.74) is 0.969. The van der Waals surface area contributed by atoms with E-state index in [2.05, 4.69) is 15.9 Å². The molecule has 1 aliphatic rings. The summed E-state index contributed by atoms with van der Waals surface area (Å²) >= 11 is 9.55. The van der Waals surface area contributed by atoms with Gasteiger partial charge in [0, 0.05) is 18.1 Å². The molecule has 5 heteroatoms. The fraction of sp³-hybridized carbons (Fsp3) is 0.500. The summed E-state index contributed by atoms with van der Waals surface area (Å²) in [6.45, 7) is 1.26. The topological polar surface area (TPSA) is 40.5 Å². The predicted octanol–water partition coefficient (Wildman–Crippen LogP) is 2.63. The number of nitrogens with zero attached hydrogens (tertiary/aromatic N) is 1. The lowest BCUT2D eigenvalue weighted by molar-refractivity contribution is -0.132. The summed E-state index contributed by atoms with van der Waals surface area (Å²) in [4.78, 5) is 13.8. The van der Waals surface area contributed by atoms with Crippen LogP contribution in [0, 0.1) is 0 Å². The third-order valence-corrected chi connectivity index (χ3v) is 4.49. The highest BCUT2D eigenvalue weighted by Crippen LogP contribution is 2.21. The Balaban J connectivity index is 1.94. The van der Waals surface area contributed by atoms with Gasteiger partial charge >= 0.3 is 0 Å². The molecule has 0 spiro atoms. The minimum Gasteiger partial charge on any atom is -0.393 e. The van der Waals surface area contributed by atoms with Crippen LogP contribution >= 0.6 is 27.5 Å². The molecule has 1 N–H and O–H groups in total. The van der Waals surface area contributed by atoms with Gasteiger partial charge in [0.05, 0.1) is 10.9 Å². The lowest BCUT2D eigenvalue weighted by Crippen LogP contribution is -2.43. The van der Waals surface area contributed by atoms with Crippen molar-refractivity contribution in [2.24, 2.45) is 0 Å². The average Bonchev–Trinajstić information content (AvgIpc) is 2.41. The lowest BCUT2D eigenvalue weighted by Gasteiger charge is -2.31. The van der Waals surface area contributed by atoms with E-state index in [0.717, 1.165) is 5.56 Å². The van der Waals surface area contributed by atoms with Gasteiger partial charge in [0.15, 0.2) is 0 Å². The maximum Gasteiger partial charge on any atom is 0.236 e. The molecule has 0 radical (unpaired) electrons. The number of hydrogen-bond acceptors (Lipinski definition) is 2. The average molecular weight is 347 g/mol. The first-order chi connectivity index (χ1) is 9.08. The minimum atomic E-state index is -0.263. The van der Waals surface area contributed by atoms with Crippen molar-refractivity contribution in [3.05, 3.63) is 34.9 Å². The van der Waals surface area contributed by atoms with Gasteiger partial charge in [-0.1, -0.05) is 45.7 Å². The molecular formula is C14H17BrClNO2. The van der Waals surface area contributed by atoms with Crippen LogP contribution in [0.3, 0.4) is 0 Å². The zero-order valence-corrected chi connectivity index (χ0v) is 12.9. The summed E-state index contributed by atoms with van der Waals surface area (Å²) in [5, 5.41) is 10.1. The summed E-state index contributed by atoms with van der Waals surface area (Å²) < 4.78 is 0. The normalized spacial score (nSPS) is 18.4. The molecule has 1 heterocycles. The van der Waals surface area contributed by atoms with Crippen molar-refractivity contribution >= 4 is 33.4 Å². The van der Waals surface area contributed by atoms with Crippen LogP contribution in [0.4, 0.5) is 0 Å². The van der Waals surface area contributed by atoms with E-state index in [0.29, 0.717) is 37.4 Å². The van der Waals surface area contributed by atoms with Crippen molar-refractivity contribution in [3.63, 3.8) is 0 Å². The molecule has 1 aliphatic heterocycles. The molecule has 1 aromatic rings. The van der Waals surface area contributed by atoms with Gasteiger partial charge in [-0.25, -0.2) is 0 Å². The molecule has 104 valence electrons. The van der Waals surface area contributed by atoms with Crippen molar-refractivity contribution in [2.75, 3.05) is 13.1 Å². The third-order valence-electron chi connectivity index (χ3n) is 3.40. The van der Waals surface area contributed by atoms with E-state index < -0.39 is 0 Å². The van der Waals surface area contributed by atoms with Crippen molar-refractivity contribution < 1.29 is 9.90 Å². The van der Waals surface area contributed by atoms with E-state index in [4.69, 9.17) is 11.6 Å².